The maximum absolute atomic E-state index is 13.5. The highest BCUT2D eigenvalue weighted by atomic mass is 79.9. The second kappa shape index (κ2) is 11.8. The van der Waals surface area contributed by atoms with Gasteiger partial charge in [0.25, 0.3) is 11.8 Å². The summed E-state index contributed by atoms with van der Waals surface area (Å²) in [4.78, 5) is 29.7. The fourth-order valence-electron chi connectivity index (χ4n) is 5.21. The van der Waals surface area contributed by atoms with Gasteiger partial charge in [0, 0.05) is 15.4 Å². The monoisotopic (exact) mass is 643 g/mol. The minimum Gasteiger partial charge on any atom is -0.391 e. The van der Waals surface area contributed by atoms with E-state index in [1.807, 2.05) is 0 Å². The zero-order valence-electron chi connectivity index (χ0n) is 22.9. The molecule has 2 heterocycles. The van der Waals surface area contributed by atoms with Gasteiger partial charge in [0.1, 0.15) is 5.69 Å². The highest BCUT2D eigenvalue weighted by molar-refractivity contribution is 9.10. The van der Waals surface area contributed by atoms with Crippen LogP contribution in [0, 0.1) is 13.8 Å². The van der Waals surface area contributed by atoms with Crippen molar-refractivity contribution in [1.82, 2.24) is 20.1 Å². The molecule has 4 aromatic rings. The van der Waals surface area contributed by atoms with E-state index in [1.165, 1.54) is 6.07 Å². The number of aromatic nitrogens is 3. The average molecular weight is 644 g/mol. The van der Waals surface area contributed by atoms with E-state index in [-0.39, 0.29) is 28.4 Å². The number of carbonyl (C=O) groups is 2. The van der Waals surface area contributed by atoms with Crippen LogP contribution in [0.15, 0.2) is 53.0 Å². The average Bonchev–Trinajstić information content (AvgIpc) is 3.20. The van der Waals surface area contributed by atoms with E-state index in [0.717, 1.165) is 30.9 Å². The zero-order chi connectivity index (χ0) is 30.2. The van der Waals surface area contributed by atoms with E-state index in [4.69, 9.17) is 0 Å². The number of carbonyl (C=O) groups excluding carboxylic acids is 2. The fraction of sp³-hybridized carbons (Fsp3) is 0.333. The van der Waals surface area contributed by atoms with Crippen molar-refractivity contribution in [2.75, 3.05) is 5.32 Å². The van der Waals surface area contributed by atoms with Crippen LogP contribution in [0.25, 0.3) is 10.9 Å². The highest BCUT2D eigenvalue weighted by Gasteiger charge is 2.34. The van der Waals surface area contributed by atoms with Crippen molar-refractivity contribution in [1.29, 1.82) is 0 Å². The number of fused-ring (bicyclic) bond motifs is 1. The third-order valence-corrected chi connectivity index (χ3v) is 8.01. The van der Waals surface area contributed by atoms with E-state index in [0.29, 0.717) is 40.1 Å². The predicted octanol–water partition coefficient (Wildman–Crippen LogP) is 6.16. The standard InChI is InChI=1S/C30H29BrF3N5O3/c1-16-27(37-29(42)22-14-26(30(32,33)34)35-23-12-11-20(31)13-21(22)23)17(2)39(38-16)15-18-7-9-19(10-8-18)28(41)36-24-5-3-4-6-25(24)40/h7-14,24-25,40H,3-6,15H2,1-2H3,(H,36,41)(H,37,42)/t24-,25-/m0/s1. The molecule has 1 saturated carbocycles. The van der Waals surface area contributed by atoms with Crippen LogP contribution < -0.4 is 10.6 Å². The Morgan fingerprint density at radius 1 is 1.05 bits per heavy atom. The van der Waals surface area contributed by atoms with Crippen molar-refractivity contribution in [2.45, 2.75) is 64.4 Å². The van der Waals surface area contributed by atoms with Crippen molar-refractivity contribution < 1.29 is 27.9 Å². The Kier molecular flexibility index (Phi) is 8.38. The Morgan fingerprint density at radius 3 is 2.45 bits per heavy atom. The van der Waals surface area contributed by atoms with Gasteiger partial charge in [0.05, 0.1) is 46.8 Å². The minimum atomic E-state index is -4.72. The number of aryl methyl sites for hydroxylation is 1. The summed E-state index contributed by atoms with van der Waals surface area (Å²) < 4.78 is 42.9. The molecule has 0 radical (unpaired) electrons. The number of nitrogens with zero attached hydrogens (tertiary/aromatic N) is 3. The van der Waals surface area contributed by atoms with Crippen molar-refractivity contribution >= 4 is 44.3 Å². The van der Waals surface area contributed by atoms with Gasteiger partial charge in [-0.25, -0.2) is 4.98 Å². The smallest absolute Gasteiger partial charge is 0.391 e. The van der Waals surface area contributed by atoms with Gasteiger partial charge in [-0.3, -0.25) is 14.3 Å². The van der Waals surface area contributed by atoms with Crippen LogP contribution >= 0.6 is 15.9 Å². The van der Waals surface area contributed by atoms with Crippen LogP contribution in [0.5, 0.6) is 0 Å². The Bertz CT molecular complexity index is 1650. The van der Waals surface area contributed by atoms with E-state index in [2.05, 4.69) is 36.6 Å². The fourth-order valence-corrected chi connectivity index (χ4v) is 5.57. The molecule has 8 nitrogen and oxygen atoms in total. The molecule has 2 amide bonds. The van der Waals surface area contributed by atoms with E-state index < -0.39 is 23.9 Å². The Balaban J connectivity index is 1.33. The molecule has 0 saturated heterocycles. The topological polar surface area (TPSA) is 109 Å². The summed E-state index contributed by atoms with van der Waals surface area (Å²) in [6.45, 7) is 3.80. The molecular weight excluding hydrogens is 615 g/mol. The summed E-state index contributed by atoms with van der Waals surface area (Å²) in [5.41, 5.74) is 1.58. The first-order valence-corrected chi connectivity index (χ1v) is 14.3. The number of aliphatic hydroxyl groups is 1. The normalized spacial score (nSPS) is 17.3. The van der Waals surface area contributed by atoms with Crippen LogP contribution in [-0.4, -0.2) is 43.8 Å². The lowest BCUT2D eigenvalue weighted by atomic mass is 9.92. The second-order valence-electron chi connectivity index (χ2n) is 10.5. The van der Waals surface area contributed by atoms with E-state index in [1.54, 1.807) is 54.9 Å². The molecule has 1 fully saturated rings. The Labute approximate surface area is 248 Å². The number of aliphatic hydroxyl groups excluding tert-OH is 1. The quantitative estimate of drug-likeness (QED) is 0.233. The maximum Gasteiger partial charge on any atom is 0.433 e. The largest absolute Gasteiger partial charge is 0.433 e. The van der Waals surface area contributed by atoms with Gasteiger partial charge in [-0.2, -0.15) is 18.3 Å². The number of anilines is 1. The van der Waals surface area contributed by atoms with Gasteiger partial charge in [0.2, 0.25) is 0 Å². The Hall–Kier alpha value is -3.77. The van der Waals surface area contributed by atoms with Crippen molar-refractivity contribution in [3.05, 3.63) is 86.8 Å². The van der Waals surface area contributed by atoms with Crippen LogP contribution in [0.2, 0.25) is 0 Å². The van der Waals surface area contributed by atoms with Crippen LogP contribution in [0.4, 0.5) is 18.9 Å². The summed E-state index contributed by atoms with van der Waals surface area (Å²) in [7, 11) is 0. The second-order valence-corrected chi connectivity index (χ2v) is 11.4. The van der Waals surface area contributed by atoms with Gasteiger partial charge >= 0.3 is 6.18 Å². The van der Waals surface area contributed by atoms with Crippen molar-refractivity contribution in [3.8, 4) is 0 Å². The van der Waals surface area contributed by atoms with Gasteiger partial charge < -0.3 is 15.7 Å². The molecule has 1 aliphatic carbocycles. The molecule has 2 atom stereocenters. The SMILES string of the molecule is Cc1nn(Cc2ccc(C(=O)N[C@H]3CCCC[C@@H]3O)cc2)c(C)c1NC(=O)c1cc(C(F)(F)F)nc2ccc(Br)cc12. The lowest BCUT2D eigenvalue weighted by Crippen LogP contribution is -2.45. The summed E-state index contributed by atoms with van der Waals surface area (Å²) in [6, 6.07) is 12.1. The molecular formula is C30H29BrF3N5O3. The summed E-state index contributed by atoms with van der Waals surface area (Å²) in [5, 5.41) is 20.6. The molecule has 2 aromatic heterocycles. The minimum absolute atomic E-state index is 0.0503. The van der Waals surface area contributed by atoms with Crippen molar-refractivity contribution in [2.24, 2.45) is 0 Å². The van der Waals surface area contributed by atoms with Gasteiger partial charge in [-0.05, 0) is 68.7 Å². The lowest BCUT2D eigenvalue weighted by molar-refractivity contribution is -0.141. The first-order valence-electron chi connectivity index (χ1n) is 13.5. The molecule has 0 bridgehead atoms. The predicted molar refractivity (Wildman–Crippen MR) is 155 cm³/mol. The Morgan fingerprint density at radius 2 is 1.76 bits per heavy atom. The van der Waals surface area contributed by atoms with Crippen molar-refractivity contribution in [3.63, 3.8) is 0 Å². The van der Waals surface area contributed by atoms with Crippen LogP contribution in [0.1, 0.15) is 69.0 Å². The number of alkyl halides is 3. The number of rotatable bonds is 6. The van der Waals surface area contributed by atoms with Crippen LogP contribution in [0.3, 0.4) is 0 Å². The third-order valence-electron chi connectivity index (χ3n) is 7.52. The number of hydrogen-bond donors (Lipinski definition) is 3. The summed E-state index contributed by atoms with van der Waals surface area (Å²) in [5.74, 6) is -0.955. The molecule has 1 aliphatic rings. The van der Waals surface area contributed by atoms with E-state index >= 15 is 0 Å². The highest BCUT2D eigenvalue weighted by Crippen LogP contribution is 2.33. The molecule has 0 unspecified atom stereocenters. The van der Waals surface area contributed by atoms with Gasteiger partial charge in [-0.1, -0.05) is 40.9 Å². The number of nitrogens with one attached hydrogen (secondary N) is 2. The number of hydrogen-bond acceptors (Lipinski definition) is 5. The van der Waals surface area contributed by atoms with E-state index in [9.17, 15) is 27.9 Å². The molecule has 3 N–H and O–H groups in total. The van der Waals surface area contributed by atoms with Gasteiger partial charge in [-0.15, -0.1) is 0 Å². The summed E-state index contributed by atoms with van der Waals surface area (Å²) >= 11 is 3.31. The molecule has 42 heavy (non-hydrogen) atoms. The third kappa shape index (κ3) is 6.34. The number of benzene rings is 2. The molecule has 0 spiro atoms. The molecule has 12 heteroatoms. The first-order chi connectivity index (χ1) is 19.9. The van der Waals surface area contributed by atoms with Gasteiger partial charge in [0.15, 0.2) is 0 Å². The zero-order valence-corrected chi connectivity index (χ0v) is 24.5. The maximum atomic E-state index is 13.5. The lowest BCUT2D eigenvalue weighted by Gasteiger charge is -2.28. The molecule has 5 rings (SSSR count). The molecule has 220 valence electrons. The molecule has 2 aromatic carbocycles. The number of amides is 2. The summed E-state index contributed by atoms with van der Waals surface area (Å²) in [6.07, 6.45) is -1.90. The first kappa shape index (κ1) is 29.7. The van der Waals surface area contributed by atoms with Crippen LogP contribution in [-0.2, 0) is 12.7 Å². The molecule has 0 aliphatic heterocycles. The number of pyridine rings is 1. The number of halogens is 4.